The quantitative estimate of drug-likeness (QED) is 0.103. The predicted molar refractivity (Wildman–Crippen MR) is 173 cm³/mol. The van der Waals surface area contributed by atoms with Crippen LogP contribution in [0.1, 0.15) is 34.6 Å². The monoisotopic (exact) mass is 720 g/mol. The highest BCUT2D eigenvalue weighted by atomic mass is 127. The fourth-order valence-corrected chi connectivity index (χ4v) is 5.81. The summed E-state index contributed by atoms with van der Waals surface area (Å²) in [5.74, 6) is -0.334. The second-order valence-electron chi connectivity index (χ2n) is 9.25. The van der Waals surface area contributed by atoms with Gasteiger partial charge in [-0.25, -0.2) is 18.4 Å². The molecule has 0 amide bonds. The van der Waals surface area contributed by atoms with Gasteiger partial charge in [0.25, 0.3) is 0 Å². The zero-order valence-corrected chi connectivity index (χ0v) is 27.5. The molecule has 10 heteroatoms. The molecule has 0 bridgehead atoms. The summed E-state index contributed by atoms with van der Waals surface area (Å²) in [6.07, 6.45) is 0. The molecule has 0 saturated heterocycles. The van der Waals surface area contributed by atoms with Crippen LogP contribution in [0.15, 0.2) is 77.7 Å². The lowest BCUT2D eigenvalue weighted by atomic mass is 10.0. The molecule has 0 heterocycles. The standard InChI is InChI=1S/C18H19FO3S.C15H12FIO3/c1-11(2)23-17-9-12(18(20)22-4)5-7-14(17)15-10-13(21-3)6-8-16(15)19;1-19-10-4-6-13(16)12(8-10)11-5-3-9(7-14(11)17)15(18)20-2/h5-11H,1-4H3;3-8H,1-2H3. The maximum absolute atomic E-state index is 14.3. The van der Waals surface area contributed by atoms with E-state index in [4.69, 9.17) is 14.2 Å². The summed E-state index contributed by atoms with van der Waals surface area (Å²) in [6, 6.07) is 19.3. The van der Waals surface area contributed by atoms with Crippen LogP contribution < -0.4 is 9.47 Å². The van der Waals surface area contributed by atoms with Crippen LogP contribution in [0.5, 0.6) is 11.5 Å². The van der Waals surface area contributed by atoms with Gasteiger partial charge in [0, 0.05) is 24.8 Å². The molecule has 0 saturated carbocycles. The van der Waals surface area contributed by atoms with E-state index in [0.29, 0.717) is 39.3 Å². The molecule has 226 valence electrons. The van der Waals surface area contributed by atoms with Crippen LogP contribution in [-0.4, -0.2) is 45.6 Å². The molecule has 0 aliphatic rings. The first-order chi connectivity index (χ1) is 20.5. The molecule has 0 aromatic heterocycles. The van der Waals surface area contributed by atoms with E-state index in [1.165, 1.54) is 33.5 Å². The first-order valence-electron chi connectivity index (χ1n) is 13.0. The zero-order valence-electron chi connectivity index (χ0n) is 24.5. The van der Waals surface area contributed by atoms with Gasteiger partial charge >= 0.3 is 11.9 Å². The minimum Gasteiger partial charge on any atom is -0.497 e. The minimum absolute atomic E-state index is 0.287. The van der Waals surface area contributed by atoms with Crippen LogP contribution in [-0.2, 0) is 9.47 Å². The summed E-state index contributed by atoms with van der Waals surface area (Å²) in [7, 11) is 5.74. The number of esters is 2. The lowest BCUT2D eigenvalue weighted by Crippen LogP contribution is -2.02. The van der Waals surface area contributed by atoms with Gasteiger partial charge in [0.05, 0.1) is 39.6 Å². The molecular formula is C33H31F2IO6S. The Morgan fingerprint density at radius 3 is 1.56 bits per heavy atom. The number of hydrogen-bond donors (Lipinski definition) is 0. The van der Waals surface area contributed by atoms with Crippen molar-refractivity contribution in [3.05, 3.63) is 99.1 Å². The van der Waals surface area contributed by atoms with Gasteiger partial charge in [-0.2, -0.15) is 0 Å². The summed E-state index contributed by atoms with van der Waals surface area (Å²) < 4.78 is 48.7. The molecule has 4 aromatic rings. The molecule has 0 aliphatic heterocycles. The number of methoxy groups -OCH3 is 4. The van der Waals surface area contributed by atoms with Crippen LogP contribution >= 0.6 is 34.4 Å². The number of halogens is 3. The summed E-state index contributed by atoms with van der Waals surface area (Å²) in [4.78, 5) is 24.0. The Morgan fingerprint density at radius 2 is 1.12 bits per heavy atom. The van der Waals surface area contributed by atoms with Crippen LogP contribution in [0.4, 0.5) is 8.78 Å². The Bertz CT molecular complexity index is 1610. The number of ether oxygens (including phenoxy) is 4. The summed E-state index contributed by atoms with van der Waals surface area (Å²) in [5, 5.41) is 0.287. The van der Waals surface area contributed by atoms with Crippen LogP contribution in [0.25, 0.3) is 22.3 Å². The molecule has 43 heavy (non-hydrogen) atoms. The first kappa shape index (κ1) is 33.9. The van der Waals surface area contributed by atoms with Gasteiger partial charge in [0.15, 0.2) is 0 Å². The molecule has 0 radical (unpaired) electrons. The zero-order chi connectivity index (χ0) is 31.7. The Morgan fingerprint density at radius 1 is 0.651 bits per heavy atom. The topological polar surface area (TPSA) is 71.1 Å². The van der Waals surface area contributed by atoms with E-state index < -0.39 is 11.9 Å². The Balaban J connectivity index is 0.000000238. The number of rotatable bonds is 8. The van der Waals surface area contributed by atoms with Gasteiger partial charge in [0.1, 0.15) is 23.1 Å². The molecule has 0 unspecified atom stereocenters. The highest BCUT2D eigenvalue weighted by Gasteiger charge is 2.16. The van der Waals surface area contributed by atoms with E-state index in [0.717, 1.165) is 14.0 Å². The van der Waals surface area contributed by atoms with E-state index in [-0.39, 0.29) is 16.9 Å². The first-order valence-corrected chi connectivity index (χ1v) is 14.9. The SMILES string of the molecule is COC(=O)c1ccc(-c2cc(OC)ccc2F)c(I)c1.COC(=O)c1ccc(-c2cc(OC)ccc2F)c(SC(C)C)c1. The normalized spacial score (nSPS) is 10.5. The average Bonchev–Trinajstić information content (AvgIpc) is 3.01. The summed E-state index contributed by atoms with van der Waals surface area (Å²) in [6.45, 7) is 4.09. The highest BCUT2D eigenvalue weighted by molar-refractivity contribution is 14.1. The van der Waals surface area contributed by atoms with Crippen molar-refractivity contribution in [1.82, 2.24) is 0 Å². The summed E-state index contributed by atoms with van der Waals surface area (Å²) in [5.41, 5.74) is 3.20. The van der Waals surface area contributed by atoms with Crippen molar-refractivity contribution < 1.29 is 37.3 Å². The van der Waals surface area contributed by atoms with E-state index in [9.17, 15) is 18.4 Å². The number of carbonyl (C=O) groups is 2. The van der Waals surface area contributed by atoms with Gasteiger partial charge < -0.3 is 18.9 Å². The minimum atomic E-state index is -0.416. The lowest BCUT2D eigenvalue weighted by Gasteiger charge is -2.14. The Kier molecular flexibility index (Phi) is 12.4. The van der Waals surface area contributed by atoms with Crippen LogP contribution in [0.2, 0.25) is 0 Å². The van der Waals surface area contributed by atoms with E-state index in [1.807, 2.05) is 13.8 Å². The third-order valence-corrected chi connectivity index (χ3v) is 8.04. The molecular weight excluding hydrogens is 689 g/mol. The maximum atomic E-state index is 14.3. The fraction of sp³-hybridized carbons (Fsp3) is 0.212. The number of thioether (sulfide) groups is 1. The number of carbonyl (C=O) groups excluding carboxylic acids is 2. The lowest BCUT2D eigenvalue weighted by molar-refractivity contribution is 0.0591. The number of hydrogen-bond acceptors (Lipinski definition) is 7. The molecule has 4 aromatic carbocycles. The molecule has 4 rings (SSSR count). The third kappa shape index (κ3) is 8.70. The predicted octanol–water partition coefficient (Wildman–Crippen LogP) is 8.68. The number of benzene rings is 4. The van der Waals surface area contributed by atoms with Gasteiger partial charge in [-0.05, 0) is 94.4 Å². The van der Waals surface area contributed by atoms with Gasteiger partial charge in [-0.15, -0.1) is 11.8 Å². The molecule has 6 nitrogen and oxygen atoms in total. The van der Waals surface area contributed by atoms with Crippen molar-refractivity contribution in [2.75, 3.05) is 28.4 Å². The summed E-state index contributed by atoms with van der Waals surface area (Å²) >= 11 is 3.63. The second kappa shape index (κ2) is 15.7. The third-order valence-electron chi connectivity index (χ3n) is 6.08. The maximum Gasteiger partial charge on any atom is 0.337 e. The Labute approximate surface area is 267 Å². The average molecular weight is 721 g/mol. The van der Waals surface area contributed by atoms with Crippen molar-refractivity contribution >= 4 is 46.3 Å². The van der Waals surface area contributed by atoms with Crippen molar-refractivity contribution in [3.63, 3.8) is 0 Å². The van der Waals surface area contributed by atoms with Gasteiger partial charge in [0.2, 0.25) is 0 Å². The smallest absolute Gasteiger partial charge is 0.337 e. The van der Waals surface area contributed by atoms with Crippen molar-refractivity contribution in [2.45, 2.75) is 24.0 Å². The molecule has 0 aliphatic carbocycles. The van der Waals surface area contributed by atoms with Crippen molar-refractivity contribution in [1.29, 1.82) is 0 Å². The van der Waals surface area contributed by atoms with Crippen LogP contribution in [0.3, 0.4) is 0 Å². The largest absolute Gasteiger partial charge is 0.497 e. The van der Waals surface area contributed by atoms with Crippen molar-refractivity contribution in [2.24, 2.45) is 0 Å². The van der Waals surface area contributed by atoms with E-state index >= 15 is 0 Å². The van der Waals surface area contributed by atoms with Crippen LogP contribution in [0, 0.1) is 15.2 Å². The van der Waals surface area contributed by atoms with Gasteiger partial charge in [-0.3, -0.25) is 0 Å². The molecule has 0 spiro atoms. The second-order valence-corrected chi connectivity index (χ2v) is 12.0. The van der Waals surface area contributed by atoms with Gasteiger partial charge in [-0.1, -0.05) is 26.0 Å². The highest BCUT2D eigenvalue weighted by Crippen LogP contribution is 2.37. The molecule has 0 fully saturated rings. The van der Waals surface area contributed by atoms with E-state index in [2.05, 4.69) is 27.3 Å². The van der Waals surface area contributed by atoms with Crippen molar-refractivity contribution in [3.8, 4) is 33.8 Å². The van der Waals surface area contributed by atoms with E-state index in [1.54, 1.807) is 79.5 Å². The molecule has 0 atom stereocenters. The molecule has 0 N–H and O–H groups in total. The Hall–Kier alpha value is -3.64. The fourth-order valence-electron chi connectivity index (χ4n) is 3.99.